The van der Waals surface area contributed by atoms with E-state index in [1.807, 2.05) is 65.8 Å². The molecule has 0 amide bonds. The molecule has 0 radical (unpaired) electrons. The predicted octanol–water partition coefficient (Wildman–Crippen LogP) is 18.0. The van der Waals surface area contributed by atoms with Gasteiger partial charge < -0.3 is 9.80 Å². The van der Waals surface area contributed by atoms with Crippen LogP contribution in [0.3, 0.4) is 0 Å². The number of rotatable bonds is 16. The van der Waals surface area contributed by atoms with Crippen LogP contribution in [0, 0.1) is 5.41 Å². The smallest absolute Gasteiger partial charge is 0.0662 e. The number of hydrogen-bond acceptors (Lipinski definition) is 2. The van der Waals surface area contributed by atoms with Crippen LogP contribution >= 0.6 is 0 Å². The molecule has 2 aliphatic carbocycles. The van der Waals surface area contributed by atoms with E-state index in [9.17, 15) is 0 Å². The number of allylic oxidation sites excluding steroid dienone is 19. The number of fused-ring (bicyclic) bond motifs is 1. The van der Waals surface area contributed by atoms with Crippen LogP contribution in [0.15, 0.2) is 229 Å². The molecule has 1 unspecified atom stereocenters. The fraction of sp³-hybridized carbons (Fsp3) is 0.290. The molecule has 1 atom stereocenters. The number of hydrogen-bond donors (Lipinski definition) is 0. The van der Waals surface area contributed by atoms with Gasteiger partial charge in [0.05, 0.1) is 5.41 Å². The highest BCUT2D eigenvalue weighted by Gasteiger charge is 2.42. The zero-order chi connectivity index (χ0) is 47.5. The second-order valence-corrected chi connectivity index (χ2v) is 16.0. The summed E-state index contributed by atoms with van der Waals surface area (Å²) < 4.78 is 0. The first kappa shape index (κ1) is 54.0. The Bertz CT molecular complexity index is 2250. The van der Waals surface area contributed by atoms with Gasteiger partial charge in [-0.1, -0.05) is 224 Å². The summed E-state index contributed by atoms with van der Waals surface area (Å²) in [6, 6.07) is 28.5. The number of anilines is 2. The zero-order valence-electron chi connectivity index (χ0n) is 41.8. The van der Waals surface area contributed by atoms with Crippen LogP contribution in [0.5, 0.6) is 0 Å². The summed E-state index contributed by atoms with van der Waals surface area (Å²) in [6.45, 7) is 37.5. The maximum absolute atomic E-state index is 4.85. The molecule has 3 aromatic carbocycles. The molecule has 5 rings (SSSR count). The van der Waals surface area contributed by atoms with E-state index in [2.05, 4.69) is 229 Å². The second-order valence-electron chi connectivity index (χ2n) is 16.0. The summed E-state index contributed by atoms with van der Waals surface area (Å²) in [6.07, 6.45) is 40.0. The molecule has 2 aliphatic rings. The van der Waals surface area contributed by atoms with Crippen molar-refractivity contribution < 1.29 is 0 Å². The lowest BCUT2D eigenvalue weighted by Crippen LogP contribution is -2.29. The van der Waals surface area contributed by atoms with E-state index in [1.54, 1.807) is 0 Å². The standard InChI is InChI=1S/C54H60N2.C4H8.2C2H6/c1-10-13-22-43(5)36-40-56(50-27-21-37-53(8,9)38-35-50)51-33-30-47(31-34-51)54(45(7)41-46-24-17-18-28-52(46)54)44(6)29-32-48(12-3)55(49-25-15-14-16-26-49)39-20-19-23-42(4)11-2;1-3-4-2;2*1-2/h10,12-38,41H,1,6,11,39-40H2,2-5,7-9H3;3-4H,1-2H3;2*1-2H3/b20-19-,22-13-,32-29-,42-23-,43-36-,48-12+;4-3-;;. The Kier molecular flexibility index (Phi) is 24.1. The first-order valence-corrected chi connectivity index (χ1v) is 23.4. The Morgan fingerprint density at radius 1 is 0.750 bits per heavy atom. The summed E-state index contributed by atoms with van der Waals surface area (Å²) in [5.41, 5.74) is 12.5. The predicted molar refractivity (Wildman–Crippen MR) is 290 cm³/mol. The van der Waals surface area contributed by atoms with Crippen molar-refractivity contribution in [2.45, 2.75) is 102 Å². The van der Waals surface area contributed by atoms with Gasteiger partial charge in [0.15, 0.2) is 0 Å². The topological polar surface area (TPSA) is 6.48 Å². The molecule has 0 N–H and O–H groups in total. The lowest BCUT2D eigenvalue weighted by Gasteiger charge is -2.35. The highest BCUT2D eigenvalue weighted by atomic mass is 15.1. The monoisotopic (exact) mass is 853 g/mol. The van der Waals surface area contributed by atoms with Crippen molar-refractivity contribution in [3.63, 3.8) is 0 Å². The van der Waals surface area contributed by atoms with Gasteiger partial charge in [0, 0.05) is 41.3 Å². The van der Waals surface area contributed by atoms with Crippen molar-refractivity contribution in [3.8, 4) is 0 Å². The molecule has 0 aromatic heterocycles. The first-order chi connectivity index (χ1) is 30.9. The quantitative estimate of drug-likeness (QED) is 0.105. The summed E-state index contributed by atoms with van der Waals surface area (Å²) in [5.74, 6) is 0. The van der Waals surface area contributed by atoms with E-state index in [0.29, 0.717) is 0 Å². The molecular formula is C62H80N2. The van der Waals surface area contributed by atoms with Crippen molar-refractivity contribution in [3.05, 3.63) is 246 Å². The van der Waals surface area contributed by atoms with Gasteiger partial charge in [-0.25, -0.2) is 0 Å². The Morgan fingerprint density at radius 2 is 1.41 bits per heavy atom. The molecule has 338 valence electrons. The van der Waals surface area contributed by atoms with Crippen molar-refractivity contribution >= 4 is 17.5 Å². The van der Waals surface area contributed by atoms with Gasteiger partial charge in [0.25, 0.3) is 0 Å². The third-order valence-electron chi connectivity index (χ3n) is 11.1. The maximum Gasteiger partial charge on any atom is 0.0662 e. The van der Waals surface area contributed by atoms with Crippen molar-refractivity contribution in [1.29, 1.82) is 0 Å². The van der Waals surface area contributed by atoms with Gasteiger partial charge in [0.2, 0.25) is 0 Å². The average Bonchev–Trinajstić information content (AvgIpc) is 3.51. The van der Waals surface area contributed by atoms with Gasteiger partial charge in [0.1, 0.15) is 0 Å². The van der Waals surface area contributed by atoms with Crippen molar-refractivity contribution in [2.75, 3.05) is 22.9 Å². The minimum atomic E-state index is -0.518. The molecule has 0 bridgehead atoms. The number of para-hydroxylation sites is 1. The molecule has 0 saturated carbocycles. The molecule has 0 aliphatic heterocycles. The van der Waals surface area contributed by atoms with Crippen LogP contribution in [0.1, 0.15) is 113 Å². The Labute approximate surface area is 391 Å². The fourth-order valence-corrected chi connectivity index (χ4v) is 7.41. The summed E-state index contributed by atoms with van der Waals surface area (Å²) >= 11 is 0. The van der Waals surface area contributed by atoms with E-state index in [0.717, 1.165) is 47.9 Å². The van der Waals surface area contributed by atoms with Gasteiger partial charge in [-0.2, -0.15) is 0 Å². The summed E-state index contributed by atoms with van der Waals surface area (Å²) in [7, 11) is 0. The van der Waals surface area contributed by atoms with Crippen LogP contribution in [-0.2, 0) is 5.41 Å². The third kappa shape index (κ3) is 15.0. The van der Waals surface area contributed by atoms with Crippen LogP contribution in [-0.4, -0.2) is 13.1 Å². The second kappa shape index (κ2) is 28.5. The molecule has 0 heterocycles. The minimum absolute atomic E-state index is 0.0149. The lowest BCUT2D eigenvalue weighted by atomic mass is 9.67. The van der Waals surface area contributed by atoms with Crippen molar-refractivity contribution in [2.24, 2.45) is 5.41 Å². The van der Waals surface area contributed by atoms with E-state index in [-0.39, 0.29) is 5.41 Å². The Hall–Kier alpha value is -6.12. The fourth-order valence-electron chi connectivity index (χ4n) is 7.41. The van der Waals surface area contributed by atoms with Crippen molar-refractivity contribution in [1.82, 2.24) is 0 Å². The molecule has 3 aromatic rings. The summed E-state index contributed by atoms with van der Waals surface area (Å²) in [4.78, 5) is 4.74. The SMILES string of the molecule is C/C=C\C.C=C/C=C\C(C)=C/CN(C1=CC=CC(C)(C)C=C1)c1ccc(C2(C(=C)/C=C\C(=C/C)N(C/C=C\C=C(\C)CC)c3ccccc3)C(C)=Cc3ccccc32)cc1.CC.CC. The van der Waals surface area contributed by atoms with Gasteiger partial charge in [-0.15, -0.1) is 0 Å². The molecule has 0 spiro atoms. The highest BCUT2D eigenvalue weighted by Crippen LogP contribution is 2.51. The zero-order valence-corrected chi connectivity index (χ0v) is 41.8. The first-order valence-electron chi connectivity index (χ1n) is 23.4. The summed E-state index contributed by atoms with van der Waals surface area (Å²) in [5, 5.41) is 0. The Morgan fingerprint density at radius 3 is 2.03 bits per heavy atom. The molecule has 2 nitrogen and oxygen atoms in total. The minimum Gasteiger partial charge on any atom is -0.338 e. The van der Waals surface area contributed by atoms with Crippen LogP contribution in [0.4, 0.5) is 11.4 Å². The van der Waals surface area contributed by atoms with E-state index < -0.39 is 5.41 Å². The van der Waals surface area contributed by atoms with E-state index in [4.69, 9.17) is 6.58 Å². The third-order valence-corrected chi connectivity index (χ3v) is 11.1. The van der Waals surface area contributed by atoms with Gasteiger partial charge in [-0.3, -0.25) is 0 Å². The largest absolute Gasteiger partial charge is 0.338 e. The van der Waals surface area contributed by atoms with Crippen LogP contribution in [0.2, 0.25) is 0 Å². The Balaban J connectivity index is 0.00000164. The van der Waals surface area contributed by atoms with Crippen LogP contribution in [0.25, 0.3) is 6.08 Å². The van der Waals surface area contributed by atoms with Gasteiger partial charge in [-0.05, 0) is 113 Å². The number of nitrogens with zero attached hydrogens (tertiary/aromatic N) is 2. The van der Waals surface area contributed by atoms with Crippen LogP contribution < -0.4 is 9.80 Å². The van der Waals surface area contributed by atoms with Gasteiger partial charge >= 0.3 is 0 Å². The van der Waals surface area contributed by atoms with E-state index >= 15 is 0 Å². The average molecular weight is 853 g/mol. The maximum atomic E-state index is 4.85. The molecule has 2 heteroatoms. The molecule has 0 fully saturated rings. The van der Waals surface area contributed by atoms with E-state index in [1.165, 1.54) is 33.4 Å². The lowest BCUT2D eigenvalue weighted by molar-refractivity contribution is 0.626. The molecular weight excluding hydrogens is 773 g/mol. The normalized spacial score (nSPS) is 16.8. The molecule has 64 heavy (non-hydrogen) atoms. The highest BCUT2D eigenvalue weighted by molar-refractivity contribution is 5.78. The number of benzene rings is 3. The molecule has 0 saturated heterocycles.